The Balaban J connectivity index is 1.33. The number of hydrogen-bond donors (Lipinski definition) is 1. The Bertz CT molecular complexity index is 708. The summed E-state index contributed by atoms with van der Waals surface area (Å²) in [6.45, 7) is 8.05. The zero-order chi connectivity index (χ0) is 17.8. The van der Waals surface area contributed by atoms with Crippen LogP contribution < -0.4 is 0 Å². The smallest absolute Gasteiger partial charge is 0.0715 e. The number of aromatic nitrogens is 1. The van der Waals surface area contributed by atoms with E-state index in [2.05, 4.69) is 39.0 Å². The molecular weight excluding hydrogens is 326 g/mol. The summed E-state index contributed by atoms with van der Waals surface area (Å²) in [4.78, 5) is 8.63. The lowest BCUT2D eigenvalue weighted by Crippen LogP contribution is -2.23. The summed E-state index contributed by atoms with van der Waals surface area (Å²) in [6, 6.07) is 9.18. The molecule has 0 unspecified atom stereocenters. The van der Waals surface area contributed by atoms with Gasteiger partial charge in [-0.3, -0.25) is 9.80 Å². The number of aromatic amines is 1. The third kappa shape index (κ3) is 4.46. The molecule has 1 atom stereocenters. The molecule has 0 aliphatic carbocycles. The average Bonchev–Trinajstić information content (AvgIpc) is 3.36. The van der Waals surface area contributed by atoms with Crippen LogP contribution in [0.1, 0.15) is 30.5 Å². The third-order valence-electron chi connectivity index (χ3n) is 5.61. The van der Waals surface area contributed by atoms with Gasteiger partial charge in [0, 0.05) is 49.9 Å². The van der Waals surface area contributed by atoms with Crippen molar-refractivity contribution < 1.29 is 9.47 Å². The Labute approximate surface area is 156 Å². The Morgan fingerprint density at radius 1 is 1.04 bits per heavy atom. The molecule has 5 heteroatoms. The summed E-state index contributed by atoms with van der Waals surface area (Å²) in [5.41, 5.74) is 3.98. The van der Waals surface area contributed by atoms with Crippen LogP contribution in [0.2, 0.25) is 0 Å². The second-order valence-electron chi connectivity index (χ2n) is 7.71. The van der Waals surface area contributed by atoms with Crippen molar-refractivity contribution >= 4 is 10.9 Å². The van der Waals surface area contributed by atoms with Gasteiger partial charge in [0.05, 0.1) is 19.3 Å². The molecule has 2 aromatic rings. The van der Waals surface area contributed by atoms with Gasteiger partial charge in [0.15, 0.2) is 0 Å². The number of fused-ring (bicyclic) bond motifs is 1. The first kappa shape index (κ1) is 18.0. The van der Waals surface area contributed by atoms with Gasteiger partial charge in [0.1, 0.15) is 0 Å². The number of nitrogens with zero attached hydrogens (tertiary/aromatic N) is 2. The van der Waals surface area contributed by atoms with Gasteiger partial charge in [-0.15, -0.1) is 0 Å². The van der Waals surface area contributed by atoms with Crippen molar-refractivity contribution in [2.45, 2.75) is 38.5 Å². The normalized spacial score (nSPS) is 22.0. The number of benzene rings is 1. The van der Waals surface area contributed by atoms with E-state index in [1.54, 1.807) is 7.11 Å². The lowest BCUT2D eigenvalue weighted by atomic mass is 10.1. The van der Waals surface area contributed by atoms with Crippen molar-refractivity contribution in [3.05, 3.63) is 35.5 Å². The zero-order valence-corrected chi connectivity index (χ0v) is 15.9. The van der Waals surface area contributed by atoms with E-state index in [9.17, 15) is 0 Å². The summed E-state index contributed by atoms with van der Waals surface area (Å²) in [6.07, 6.45) is 4.16. The van der Waals surface area contributed by atoms with Crippen LogP contribution in [-0.4, -0.2) is 67.4 Å². The lowest BCUT2D eigenvalue weighted by Gasteiger charge is -2.16. The quantitative estimate of drug-likeness (QED) is 0.738. The first-order chi connectivity index (χ1) is 12.8. The fraction of sp³-hybridized carbons (Fsp3) is 0.619. The summed E-state index contributed by atoms with van der Waals surface area (Å²) in [7, 11) is 1.72. The Morgan fingerprint density at radius 2 is 1.92 bits per heavy atom. The van der Waals surface area contributed by atoms with Crippen molar-refractivity contribution in [2.75, 3.05) is 46.5 Å². The number of nitrogens with one attached hydrogen (secondary N) is 1. The second-order valence-corrected chi connectivity index (χ2v) is 7.71. The lowest BCUT2D eigenvalue weighted by molar-refractivity contribution is 0.0219. The molecule has 1 N–H and O–H groups in total. The molecule has 3 heterocycles. The predicted molar refractivity (Wildman–Crippen MR) is 104 cm³/mol. The number of H-pyrrole nitrogens is 1. The molecule has 26 heavy (non-hydrogen) atoms. The molecule has 5 nitrogen and oxygen atoms in total. The van der Waals surface area contributed by atoms with Gasteiger partial charge in [-0.25, -0.2) is 0 Å². The Kier molecular flexibility index (Phi) is 5.90. The van der Waals surface area contributed by atoms with Gasteiger partial charge >= 0.3 is 0 Å². The molecule has 1 aromatic heterocycles. The number of hydrogen-bond acceptors (Lipinski definition) is 4. The second kappa shape index (κ2) is 8.53. The highest BCUT2D eigenvalue weighted by atomic mass is 16.5. The average molecular weight is 357 g/mol. The van der Waals surface area contributed by atoms with Crippen molar-refractivity contribution in [3.8, 4) is 0 Å². The van der Waals surface area contributed by atoms with E-state index in [1.807, 2.05) is 0 Å². The first-order valence-electron chi connectivity index (χ1n) is 9.96. The minimum Gasteiger partial charge on any atom is -0.382 e. The summed E-state index contributed by atoms with van der Waals surface area (Å²) in [5, 5.41) is 1.34. The molecule has 0 saturated carbocycles. The number of likely N-dealkylation sites (tertiary alicyclic amines) is 2. The first-order valence-corrected chi connectivity index (χ1v) is 9.96. The Hall–Kier alpha value is -1.40. The molecule has 2 saturated heterocycles. The fourth-order valence-electron chi connectivity index (χ4n) is 4.24. The highest BCUT2D eigenvalue weighted by Gasteiger charge is 2.23. The molecule has 0 bridgehead atoms. The van der Waals surface area contributed by atoms with Crippen molar-refractivity contribution in [3.63, 3.8) is 0 Å². The van der Waals surface area contributed by atoms with Crippen LogP contribution in [0.25, 0.3) is 10.9 Å². The standard InChI is InChI=1S/C21H31N3O2/c1-25-10-11-26-20-6-9-24(16-20)14-17-4-5-21-18(12-17)13-19(22-21)15-23-7-2-3-8-23/h4-5,12-13,20,22H,2-3,6-11,14-16H2,1H3/t20-/m0/s1. The van der Waals surface area contributed by atoms with E-state index in [-0.39, 0.29) is 0 Å². The Morgan fingerprint density at radius 3 is 2.77 bits per heavy atom. The van der Waals surface area contributed by atoms with Gasteiger partial charge in [-0.05, 0) is 56.1 Å². The van der Waals surface area contributed by atoms with Crippen molar-refractivity contribution in [2.24, 2.45) is 0 Å². The van der Waals surface area contributed by atoms with Crippen LogP contribution in [0.4, 0.5) is 0 Å². The zero-order valence-electron chi connectivity index (χ0n) is 15.9. The van der Waals surface area contributed by atoms with E-state index in [1.165, 1.54) is 48.1 Å². The fourth-order valence-corrected chi connectivity index (χ4v) is 4.24. The van der Waals surface area contributed by atoms with E-state index < -0.39 is 0 Å². The molecule has 0 amide bonds. The highest BCUT2D eigenvalue weighted by Crippen LogP contribution is 2.22. The monoisotopic (exact) mass is 357 g/mol. The molecule has 2 fully saturated rings. The largest absolute Gasteiger partial charge is 0.382 e. The van der Waals surface area contributed by atoms with E-state index in [0.29, 0.717) is 19.3 Å². The molecular formula is C21H31N3O2. The number of ether oxygens (including phenoxy) is 2. The van der Waals surface area contributed by atoms with E-state index >= 15 is 0 Å². The molecule has 0 radical (unpaired) electrons. The van der Waals surface area contributed by atoms with Crippen LogP contribution in [0.15, 0.2) is 24.3 Å². The molecule has 0 spiro atoms. The van der Waals surface area contributed by atoms with E-state index in [4.69, 9.17) is 9.47 Å². The topological polar surface area (TPSA) is 40.7 Å². The molecule has 142 valence electrons. The van der Waals surface area contributed by atoms with Crippen molar-refractivity contribution in [1.82, 2.24) is 14.8 Å². The van der Waals surface area contributed by atoms with Gasteiger partial charge in [0.25, 0.3) is 0 Å². The highest BCUT2D eigenvalue weighted by molar-refractivity contribution is 5.81. The third-order valence-corrected chi connectivity index (χ3v) is 5.61. The molecule has 4 rings (SSSR count). The van der Waals surface area contributed by atoms with Crippen molar-refractivity contribution in [1.29, 1.82) is 0 Å². The maximum atomic E-state index is 5.87. The molecule has 1 aromatic carbocycles. The SMILES string of the molecule is COCCO[C@H]1CCN(Cc2ccc3[nH]c(CN4CCCC4)cc3c2)C1. The van der Waals surface area contributed by atoms with Gasteiger partial charge in [-0.2, -0.15) is 0 Å². The van der Waals surface area contributed by atoms with Gasteiger partial charge in [-0.1, -0.05) is 6.07 Å². The minimum atomic E-state index is 0.355. The summed E-state index contributed by atoms with van der Waals surface area (Å²) in [5.74, 6) is 0. The number of rotatable bonds is 8. The molecule has 2 aliphatic rings. The number of methoxy groups -OCH3 is 1. The van der Waals surface area contributed by atoms with Gasteiger partial charge < -0.3 is 14.5 Å². The van der Waals surface area contributed by atoms with Crippen LogP contribution in [0.3, 0.4) is 0 Å². The van der Waals surface area contributed by atoms with E-state index in [0.717, 1.165) is 32.6 Å². The summed E-state index contributed by atoms with van der Waals surface area (Å²) < 4.78 is 10.9. The summed E-state index contributed by atoms with van der Waals surface area (Å²) >= 11 is 0. The van der Waals surface area contributed by atoms with Gasteiger partial charge in [0.2, 0.25) is 0 Å². The maximum Gasteiger partial charge on any atom is 0.0715 e. The maximum absolute atomic E-state index is 5.87. The molecule has 2 aliphatic heterocycles. The van der Waals surface area contributed by atoms with Crippen LogP contribution in [0, 0.1) is 0 Å². The minimum absolute atomic E-state index is 0.355. The van der Waals surface area contributed by atoms with Crippen LogP contribution in [-0.2, 0) is 22.6 Å². The predicted octanol–water partition coefficient (Wildman–Crippen LogP) is 3.00. The van der Waals surface area contributed by atoms with Crippen LogP contribution >= 0.6 is 0 Å². The van der Waals surface area contributed by atoms with Crippen LogP contribution in [0.5, 0.6) is 0 Å².